The molecule has 9 heteroatoms. The molecular formula is C21H18F3N3O3. The zero-order valence-corrected chi connectivity index (χ0v) is 15.8. The van der Waals surface area contributed by atoms with Crippen molar-refractivity contribution in [2.24, 2.45) is 0 Å². The van der Waals surface area contributed by atoms with E-state index in [-0.39, 0.29) is 23.9 Å². The van der Waals surface area contributed by atoms with Crippen LogP contribution in [-0.2, 0) is 16.1 Å². The first-order valence-corrected chi connectivity index (χ1v) is 9.46. The lowest BCUT2D eigenvalue weighted by Crippen LogP contribution is -2.37. The smallest absolute Gasteiger partial charge is 0.254 e. The van der Waals surface area contributed by atoms with Crippen LogP contribution in [0.5, 0.6) is 0 Å². The number of hydrogen-bond donors (Lipinski definition) is 2. The quantitative estimate of drug-likeness (QED) is 0.645. The molecule has 1 aliphatic rings. The number of nitrogens with zero attached hydrogens (tertiary/aromatic N) is 1. The lowest BCUT2D eigenvalue weighted by Gasteiger charge is -2.30. The number of ether oxygens (including phenoxy) is 1. The van der Waals surface area contributed by atoms with Crippen LogP contribution in [0.25, 0.3) is 10.9 Å². The van der Waals surface area contributed by atoms with Crippen molar-refractivity contribution in [3.8, 4) is 0 Å². The van der Waals surface area contributed by atoms with E-state index in [9.17, 15) is 22.8 Å². The molecule has 6 nitrogen and oxygen atoms in total. The first-order chi connectivity index (χ1) is 14.4. The first kappa shape index (κ1) is 20.1. The molecule has 1 fully saturated rings. The fourth-order valence-corrected chi connectivity index (χ4v) is 3.20. The number of hydrogen-bond acceptors (Lipinski definition) is 4. The van der Waals surface area contributed by atoms with Gasteiger partial charge in [0.1, 0.15) is 17.5 Å². The van der Waals surface area contributed by atoms with Crippen LogP contribution in [0.15, 0.2) is 41.3 Å². The third-order valence-corrected chi connectivity index (χ3v) is 5.05. The molecule has 2 N–H and O–H groups in total. The highest BCUT2D eigenvalue weighted by molar-refractivity contribution is 5.85. The van der Waals surface area contributed by atoms with E-state index in [0.717, 1.165) is 25.5 Å². The van der Waals surface area contributed by atoms with Crippen molar-refractivity contribution in [2.45, 2.75) is 38.0 Å². The maximum atomic E-state index is 13.8. The van der Waals surface area contributed by atoms with Crippen molar-refractivity contribution < 1.29 is 22.7 Å². The standard InChI is InChI=1S/C21H18F3N3O3/c22-12-4-5-17-11(6-12)7-15(20(28)27-17)19(30-14-2-1-3-14)21(29)26-10-18-16(24)8-13(23)9-25-18/h4-9,14,19H,1-3,10H2,(H,26,29)(H,27,28). The molecule has 1 aromatic carbocycles. The van der Waals surface area contributed by atoms with E-state index in [0.29, 0.717) is 17.0 Å². The summed E-state index contributed by atoms with van der Waals surface area (Å²) in [6.45, 7) is -0.310. The normalized spacial score (nSPS) is 15.0. The Labute approximate surface area is 169 Å². The Bertz CT molecular complexity index is 1160. The molecule has 1 unspecified atom stereocenters. The van der Waals surface area contributed by atoms with Crippen molar-refractivity contribution in [2.75, 3.05) is 0 Å². The van der Waals surface area contributed by atoms with Crippen molar-refractivity contribution in [3.05, 3.63) is 75.6 Å². The SMILES string of the molecule is O=C(NCc1ncc(F)cc1F)C(OC1CCC1)c1cc2cc(F)ccc2[nH]c1=O. The second-order valence-corrected chi connectivity index (χ2v) is 7.15. The third-order valence-electron chi connectivity index (χ3n) is 5.05. The Morgan fingerprint density at radius 1 is 1.20 bits per heavy atom. The molecule has 0 bridgehead atoms. The van der Waals surface area contributed by atoms with Gasteiger partial charge in [-0.1, -0.05) is 0 Å². The lowest BCUT2D eigenvalue weighted by atomic mass is 9.95. The number of pyridine rings is 2. The molecule has 3 aromatic rings. The van der Waals surface area contributed by atoms with Crippen LogP contribution in [0.3, 0.4) is 0 Å². The highest BCUT2D eigenvalue weighted by Crippen LogP contribution is 2.29. The van der Waals surface area contributed by atoms with Crippen molar-refractivity contribution >= 4 is 16.8 Å². The van der Waals surface area contributed by atoms with E-state index in [2.05, 4.69) is 15.3 Å². The number of rotatable bonds is 6. The summed E-state index contributed by atoms with van der Waals surface area (Å²) < 4.78 is 46.2. The van der Waals surface area contributed by atoms with Crippen LogP contribution in [0, 0.1) is 17.5 Å². The highest BCUT2D eigenvalue weighted by Gasteiger charge is 2.30. The molecule has 0 saturated heterocycles. The molecular weight excluding hydrogens is 399 g/mol. The molecule has 2 heterocycles. The van der Waals surface area contributed by atoms with Crippen molar-refractivity contribution in [1.29, 1.82) is 0 Å². The molecule has 1 amide bonds. The molecule has 0 radical (unpaired) electrons. The summed E-state index contributed by atoms with van der Waals surface area (Å²) in [6.07, 6.45) is 1.83. The molecule has 2 aromatic heterocycles. The second-order valence-electron chi connectivity index (χ2n) is 7.15. The molecule has 0 aliphatic heterocycles. The van der Waals surface area contributed by atoms with Crippen molar-refractivity contribution in [1.82, 2.24) is 15.3 Å². The summed E-state index contributed by atoms with van der Waals surface area (Å²) in [4.78, 5) is 31.7. The van der Waals surface area contributed by atoms with E-state index in [1.54, 1.807) is 0 Å². The van der Waals surface area contributed by atoms with Gasteiger partial charge in [-0.15, -0.1) is 0 Å². The number of benzene rings is 1. The van der Waals surface area contributed by atoms with E-state index >= 15 is 0 Å². The number of aromatic amines is 1. The van der Waals surface area contributed by atoms with E-state index in [1.165, 1.54) is 24.3 Å². The number of carbonyl (C=O) groups excluding carboxylic acids is 1. The topological polar surface area (TPSA) is 84.1 Å². The van der Waals surface area contributed by atoms with Crippen LogP contribution in [0.4, 0.5) is 13.2 Å². The largest absolute Gasteiger partial charge is 0.360 e. The minimum atomic E-state index is -1.27. The van der Waals surface area contributed by atoms with Gasteiger partial charge in [0.05, 0.1) is 30.1 Å². The second kappa shape index (κ2) is 8.27. The Balaban J connectivity index is 1.62. The summed E-state index contributed by atoms with van der Waals surface area (Å²) in [7, 11) is 0. The monoisotopic (exact) mass is 417 g/mol. The predicted molar refractivity (Wildman–Crippen MR) is 102 cm³/mol. The minimum Gasteiger partial charge on any atom is -0.360 e. The van der Waals surface area contributed by atoms with Crippen LogP contribution < -0.4 is 10.9 Å². The molecule has 1 atom stereocenters. The number of fused-ring (bicyclic) bond motifs is 1. The number of aromatic nitrogens is 2. The zero-order valence-electron chi connectivity index (χ0n) is 15.8. The maximum absolute atomic E-state index is 13.8. The average Bonchev–Trinajstić information content (AvgIpc) is 2.66. The van der Waals surface area contributed by atoms with Gasteiger partial charge in [-0.25, -0.2) is 13.2 Å². The summed E-state index contributed by atoms with van der Waals surface area (Å²) in [6, 6.07) is 5.97. The summed E-state index contributed by atoms with van der Waals surface area (Å²) >= 11 is 0. The van der Waals surface area contributed by atoms with Gasteiger partial charge in [0.25, 0.3) is 11.5 Å². The number of nitrogens with one attached hydrogen (secondary N) is 2. The number of H-pyrrole nitrogens is 1. The summed E-state index contributed by atoms with van der Waals surface area (Å²) in [5.74, 6) is -2.89. The van der Waals surface area contributed by atoms with Crippen LogP contribution >= 0.6 is 0 Å². The minimum absolute atomic E-state index is 0.0186. The lowest BCUT2D eigenvalue weighted by molar-refractivity contribution is -0.141. The van der Waals surface area contributed by atoms with Gasteiger partial charge >= 0.3 is 0 Å². The van der Waals surface area contributed by atoms with Crippen LogP contribution in [-0.4, -0.2) is 22.0 Å². The maximum Gasteiger partial charge on any atom is 0.254 e. The average molecular weight is 417 g/mol. The number of amides is 1. The Hall–Kier alpha value is -3.20. The van der Waals surface area contributed by atoms with Gasteiger partial charge in [-0.05, 0) is 43.5 Å². The van der Waals surface area contributed by atoms with Gasteiger partial charge in [0, 0.05) is 17.0 Å². The van der Waals surface area contributed by atoms with E-state index in [4.69, 9.17) is 4.74 Å². The third kappa shape index (κ3) is 4.20. The van der Waals surface area contributed by atoms with Gasteiger partial charge in [-0.3, -0.25) is 14.6 Å². The van der Waals surface area contributed by atoms with E-state index in [1.807, 2.05) is 0 Å². The first-order valence-electron chi connectivity index (χ1n) is 9.46. The van der Waals surface area contributed by atoms with Crippen LogP contribution in [0.1, 0.15) is 36.6 Å². The Morgan fingerprint density at radius 3 is 2.70 bits per heavy atom. The fourth-order valence-electron chi connectivity index (χ4n) is 3.20. The van der Waals surface area contributed by atoms with Crippen LogP contribution in [0.2, 0.25) is 0 Å². The molecule has 1 aliphatic carbocycles. The van der Waals surface area contributed by atoms with Gasteiger partial charge in [0.2, 0.25) is 0 Å². The molecule has 4 rings (SSSR count). The predicted octanol–water partition coefficient (Wildman–Crippen LogP) is 3.27. The highest BCUT2D eigenvalue weighted by atomic mass is 19.1. The molecule has 156 valence electrons. The summed E-state index contributed by atoms with van der Waals surface area (Å²) in [5.41, 5.74) is -0.253. The summed E-state index contributed by atoms with van der Waals surface area (Å²) in [5, 5.41) is 2.89. The number of carbonyl (C=O) groups is 1. The Morgan fingerprint density at radius 2 is 2.00 bits per heavy atom. The van der Waals surface area contributed by atoms with Crippen molar-refractivity contribution in [3.63, 3.8) is 0 Å². The Kier molecular flexibility index (Phi) is 5.54. The molecule has 0 spiro atoms. The zero-order chi connectivity index (χ0) is 21.3. The van der Waals surface area contributed by atoms with Gasteiger partial charge in [-0.2, -0.15) is 0 Å². The molecule has 1 saturated carbocycles. The van der Waals surface area contributed by atoms with Gasteiger partial charge in [0.15, 0.2) is 6.10 Å². The fraction of sp³-hybridized carbons (Fsp3) is 0.286. The van der Waals surface area contributed by atoms with E-state index < -0.39 is 35.0 Å². The number of halogens is 3. The molecule has 30 heavy (non-hydrogen) atoms. The van der Waals surface area contributed by atoms with Gasteiger partial charge < -0.3 is 15.0 Å².